The molecule has 8 aliphatic rings. The molecule has 0 unspecified atom stereocenters. The van der Waals surface area contributed by atoms with Gasteiger partial charge in [0.05, 0.1) is 65.0 Å². The minimum absolute atomic E-state index is 0.867. The Bertz CT molecular complexity index is 2730. The van der Waals surface area contributed by atoms with E-state index >= 15 is 0 Å². The molecule has 0 saturated carbocycles. The lowest BCUT2D eigenvalue weighted by atomic mass is 9.88. The summed E-state index contributed by atoms with van der Waals surface area (Å²) < 4.78 is 85.9. The molecule has 0 radical (unpaired) electrons. The molecule has 8 rings (SSSR count). The second-order valence-electron chi connectivity index (χ2n) is 26.3. The number of aliphatic carboxylic acids is 1. The summed E-state index contributed by atoms with van der Waals surface area (Å²) in [7, 11) is 0. The fourth-order valence-corrected chi connectivity index (χ4v) is 13.3. The number of carboxylic acids is 1. The van der Waals surface area contributed by atoms with Gasteiger partial charge in [-0.25, -0.2) is 4.79 Å². The van der Waals surface area contributed by atoms with Gasteiger partial charge in [-0.15, -0.1) is 0 Å². The zero-order valence-electron chi connectivity index (χ0n) is 55.5. The summed E-state index contributed by atoms with van der Waals surface area (Å²) in [6, 6.07) is -3.76. The molecule has 0 aromatic carbocycles. The van der Waals surface area contributed by atoms with Crippen molar-refractivity contribution in [1.82, 2.24) is 10.6 Å². The predicted octanol–water partition coefficient (Wildman–Crippen LogP) is -20.2. The molecule has 8 aliphatic heterocycles. The van der Waals surface area contributed by atoms with Crippen LogP contribution >= 0.6 is 0 Å². The maximum atomic E-state index is 13.1. The van der Waals surface area contributed by atoms with Crippen LogP contribution in [0.4, 0.5) is 0 Å². The van der Waals surface area contributed by atoms with E-state index in [0.717, 1.165) is 13.8 Å². The lowest BCUT2D eigenvalue weighted by molar-refractivity contribution is -0.397. The van der Waals surface area contributed by atoms with E-state index in [1.165, 1.54) is 0 Å². The minimum atomic E-state index is -3.27. The van der Waals surface area contributed by atoms with Crippen molar-refractivity contribution in [3.05, 3.63) is 0 Å². The van der Waals surface area contributed by atoms with Gasteiger partial charge in [-0.1, -0.05) is 0 Å². The SMILES string of the molecule is CC(=O)N[C@H]1[C@H](O[C@H]2[C@@H](O)[C@@H](CO)O[C@@H](O[C@H]3[C@H](O)[C@@H](O)[C@H](O[C@H]4[C@H](O)[C@H](O)[C@@H](O)O[C@@H]4[C@@H](O)CO)O[C@@H]3CO[C@H]3O[C@H]([C@H](O)CO)[C@@H](O[C@@H]4O[C@H](CO)[C@@H](O)[C@H](O)[C@H]4O)[C@H](O)[C@@H]3O)[C@@H]2O)O[C@H](CO)[C@@H](O[C@@H]2O[C@H](CO)[C@H](O)[C@H](O[C@]3(C(=O)O)C[C@H](O)[C@@H](NC(C)=O)[C@H]([C@H](O)[C@H](O)CO)O3)[C@H]2O)[C@@H]1O. The molecule has 0 aromatic rings. The van der Waals surface area contributed by atoms with Crippen LogP contribution in [0.3, 0.4) is 0 Å². The van der Waals surface area contributed by atoms with Crippen LogP contribution in [0.15, 0.2) is 0 Å². The lowest BCUT2D eigenvalue weighted by Crippen LogP contribution is -2.71. The van der Waals surface area contributed by atoms with Gasteiger partial charge in [0.1, 0.15) is 201 Å². The lowest BCUT2D eigenvalue weighted by Gasteiger charge is -2.51. The van der Waals surface area contributed by atoms with Crippen molar-refractivity contribution in [2.75, 3.05) is 52.9 Å². The number of carbonyl (C=O) groups excluding carboxylic acids is 2. The number of aliphatic hydroxyl groups is 27. The van der Waals surface area contributed by atoms with Gasteiger partial charge in [0.15, 0.2) is 44.0 Å². The number of hydrogen-bond acceptors (Lipinski definition) is 45. The Hall–Kier alpha value is -3.27. The maximum absolute atomic E-state index is 13.1. The van der Waals surface area contributed by atoms with Gasteiger partial charge in [0, 0.05) is 20.3 Å². The van der Waals surface area contributed by atoms with E-state index in [2.05, 4.69) is 10.6 Å². The average Bonchev–Trinajstić information content (AvgIpc) is 0.802. The van der Waals surface area contributed by atoms with Crippen LogP contribution in [-0.2, 0) is 85.4 Å². The molecular weight excluding hydrogens is 1450 g/mol. The topological polar surface area (TPSA) is 780 Å². The number of carboxylic acid groups (broad SMARTS) is 1. The molecule has 8 heterocycles. The molecule has 610 valence electrons. The minimum Gasteiger partial charge on any atom is -0.477 e. The summed E-state index contributed by atoms with van der Waals surface area (Å²) in [4.78, 5) is 38.2. The van der Waals surface area contributed by atoms with E-state index in [9.17, 15) is 157 Å². The summed E-state index contributed by atoms with van der Waals surface area (Å²) in [5.41, 5.74) is 0. The smallest absolute Gasteiger partial charge is 0.364 e. The highest BCUT2D eigenvalue weighted by Crippen LogP contribution is 2.41. The Morgan fingerprint density at radius 2 is 0.810 bits per heavy atom. The third kappa shape index (κ3) is 18.8. The van der Waals surface area contributed by atoms with Gasteiger partial charge >= 0.3 is 5.97 Å². The zero-order valence-corrected chi connectivity index (χ0v) is 55.5. The highest BCUT2D eigenvalue weighted by atomic mass is 16.8. The van der Waals surface area contributed by atoms with Gasteiger partial charge in [0.2, 0.25) is 11.8 Å². The highest BCUT2D eigenvalue weighted by Gasteiger charge is 2.63. The number of hydrogen-bond donors (Lipinski definition) is 30. The number of nitrogens with one attached hydrogen (secondary N) is 2. The van der Waals surface area contributed by atoms with Gasteiger partial charge in [0.25, 0.3) is 5.79 Å². The van der Waals surface area contributed by atoms with Crippen molar-refractivity contribution in [3.63, 3.8) is 0 Å². The predicted molar refractivity (Wildman–Crippen MR) is 317 cm³/mol. The van der Waals surface area contributed by atoms with Crippen molar-refractivity contribution in [2.24, 2.45) is 0 Å². The molecule has 30 N–H and O–H groups in total. The van der Waals surface area contributed by atoms with Crippen molar-refractivity contribution in [1.29, 1.82) is 0 Å². The summed E-state index contributed by atoms with van der Waals surface area (Å²) in [5.74, 6) is -7.29. The molecule has 0 aliphatic carbocycles. The Balaban J connectivity index is 1.05. The number of carbonyl (C=O) groups is 3. The van der Waals surface area contributed by atoms with E-state index in [1.807, 2.05) is 0 Å². The van der Waals surface area contributed by atoms with Crippen LogP contribution in [0.2, 0.25) is 0 Å². The van der Waals surface area contributed by atoms with E-state index in [4.69, 9.17) is 71.1 Å². The highest BCUT2D eigenvalue weighted by molar-refractivity contribution is 5.77. The molecular formula is C57H96N2O46. The Labute approximate surface area is 592 Å². The zero-order chi connectivity index (χ0) is 77.9. The number of ether oxygens (including phenoxy) is 15. The number of rotatable bonds is 29. The molecule has 105 heavy (non-hydrogen) atoms. The molecule has 48 heteroatoms. The number of aliphatic hydroxyl groups excluding tert-OH is 27. The van der Waals surface area contributed by atoms with Gasteiger partial charge in [-0.3, -0.25) is 9.59 Å². The largest absolute Gasteiger partial charge is 0.477 e. The fraction of sp³-hybridized carbons (Fsp3) is 0.947. The fourth-order valence-electron chi connectivity index (χ4n) is 13.3. The van der Waals surface area contributed by atoms with Crippen LogP contribution in [0.1, 0.15) is 20.3 Å². The van der Waals surface area contributed by atoms with Gasteiger partial charge in [-0.2, -0.15) is 0 Å². The molecule has 2 amide bonds. The first-order valence-electron chi connectivity index (χ1n) is 33.0. The molecule has 8 fully saturated rings. The average molecular weight is 1550 g/mol. The summed E-state index contributed by atoms with van der Waals surface area (Å²) in [6.07, 6.45) is -88.9. The van der Waals surface area contributed by atoms with Crippen LogP contribution in [0.5, 0.6) is 0 Å². The molecule has 8 saturated heterocycles. The molecule has 0 spiro atoms. The van der Waals surface area contributed by atoms with Crippen molar-refractivity contribution in [3.8, 4) is 0 Å². The summed E-state index contributed by atoms with van der Waals surface area (Å²) in [5, 5.41) is 310. The Kier molecular flexibility index (Phi) is 31.1. The van der Waals surface area contributed by atoms with Crippen LogP contribution < -0.4 is 10.6 Å². The maximum Gasteiger partial charge on any atom is 0.364 e. The van der Waals surface area contributed by atoms with Crippen molar-refractivity contribution in [2.45, 2.75) is 284 Å². The van der Waals surface area contributed by atoms with Crippen molar-refractivity contribution >= 4 is 17.8 Å². The third-order valence-electron chi connectivity index (χ3n) is 19.1. The Morgan fingerprint density at radius 3 is 1.31 bits per heavy atom. The van der Waals surface area contributed by atoms with Gasteiger partial charge in [-0.05, 0) is 0 Å². The van der Waals surface area contributed by atoms with E-state index in [-0.39, 0.29) is 0 Å². The number of amides is 2. The third-order valence-corrected chi connectivity index (χ3v) is 19.1. The first-order valence-corrected chi connectivity index (χ1v) is 33.0. The Morgan fingerprint density at radius 1 is 0.400 bits per heavy atom. The molecule has 0 bridgehead atoms. The van der Waals surface area contributed by atoms with Crippen molar-refractivity contribution < 1.29 is 228 Å². The normalized spacial score (nSPS) is 48.3. The monoisotopic (exact) mass is 1540 g/mol. The summed E-state index contributed by atoms with van der Waals surface area (Å²) >= 11 is 0. The first kappa shape index (κ1) is 87.3. The van der Waals surface area contributed by atoms with E-state index in [1.54, 1.807) is 0 Å². The summed E-state index contributed by atoms with van der Waals surface area (Å²) in [6.45, 7) is -7.53. The van der Waals surface area contributed by atoms with Crippen LogP contribution in [-0.4, -0.2) is 477 Å². The standard InChI is InChI=1S/C57H96N2O46/c1-12(67)58-23-14(69)3-57(56(89)90,104-44(23)25(73)15(70)4-60)105-46-28(76)20(9-65)94-55(39(46)87)99-42-21(10-66)95-50(24(29(42)77)59-13(2)68)101-45-27(75)19(8-64)93-54(38(45)86)100-43-22(96-53(37(85)32(43)80)102-47-31(79)34(82)49(88)97-40(47)16(71)5-61)11-91-51-36(84)33(81)48(41(98-51)17(72)6-62)103-52-35(83)30(78)26(74)18(7-63)92-52/h14-55,60-66,69-88H,3-11H2,1-2H3,(H,58,67)(H,59,68)(H,89,90)/t14-,15+,16-,17+,18+,19+,20+,21+,22+,23+,24+,25+,26+,27-,28-,29+,30-,31+,32+,33+,34-,35+,36-,37+,38+,39+,40+,41+,42+,43+,44+,45-,46-,47-,48-,49-,50-,51-,52-,53-,54-,55-,57-/m0/s1. The quantitative estimate of drug-likeness (QED) is 0.0331. The second-order valence-corrected chi connectivity index (χ2v) is 26.3. The van der Waals surface area contributed by atoms with Crippen LogP contribution in [0.25, 0.3) is 0 Å². The molecule has 48 nitrogen and oxygen atoms in total. The van der Waals surface area contributed by atoms with E-state index < -0.39 is 340 Å². The molecule has 0 aromatic heterocycles. The van der Waals surface area contributed by atoms with Crippen LogP contribution in [0, 0.1) is 0 Å². The van der Waals surface area contributed by atoms with E-state index in [0.29, 0.717) is 0 Å². The second kappa shape index (κ2) is 37.4. The first-order chi connectivity index (χ1) is 49.5. The van der Waals surface area contributed by atoms with Gasteiger partial charge < -0.3 is 225 Å². The molecule has 43 atom stereocenters.